The smallest absolute Gasteiger partial charge is 0.103 e. The molecule has 17 heavy (non-hydrogen) atoms. The lowest BCUT2D eigenvalue weighted by molar-refractivity contribution is 0.749. The van der Waals surface area contributed by atoms with Crippen molar-refractivity contribution in [3.63, 3.8) is 0 Å². The first-order valence-electron chi connectivity index (χ1n) is 5.71. The van der Waals surface area contributed by atoms with E-state index >= 15 is 0 Å². The van der Waals surface area contributed by atoms with Gasteiger partial charge in [-0.05, 0) is 52.9 Å². The fraction of sp³-hybridized carbons (Fsp3) is 0.462. The van der Waals surface area contributed by atoms with E-state index in [1.54, 1.807) is 0 Å². The molecule has 0 aromatic heterocycles. The number of benzene rings is 1. The fourth-order valence-electron chi connectivity index (χ4n) is 1.56. The average Bonchev–Trinajstić information content (AvgIpc) is 2.34. The molecule has 1 aromatic rings. The van der Waals surface area contributed by atoms with Gasteiger partial charge < -0.3 is 5.32 Å². The van der Waals surface area contributed by atoms with Gasteiger partial charge in [-0.25, -0.2) is 0 Å². The highest BCUT2D eigenvalue weighted by Gasteiger charge is 2.04. The summed E-state index contributed by atoms with van der Waals surface area (Å²) in [4.78, 5) is 0. The number of nitriles is 1. The molecule has 2 nitrogen and oxygen atoms in total. The highest BCUT2D eigenvalue weighted by Crippen LogP contribution is 2.23. The number of anilines is 1. The summed E-state index contributed by atoms with van der Waals surface area (Å²) in [5.41, 5.74) is 1.61. The van der Waals surface area contributed by atoms with Crippen molar-refractivity contribution >= 4 is 33.4 Å². The van der Waals surface area contributed by atoms with Gasteiger partial charge in [-0.1, -0.05) is 12.5 Å². The lowest BCUT2D eigenvalue weighted by atomic mass is 10.2. The summed E-state index contributed by atoms with van der Waals surface area (Å²) in [6.07, 6.45) is 5.80. The molecule has 0 amide bonds. The first-order chi connectivity index (χ1) is 8.29. The van der Waals surface area contributed by atoms with Gasteiger partial charge >= 0.3 is 0 Å². The summed E-state index contributed by atoms with van der Waals surface area (Å²) in [6.45, 7) is 0.930. The van der Waals surface area contributed by atoms with Crippen LogP contribution in [-0.2, 0) is 0 Å². The summed E-state index contributed by atoms with van der Waals surface area (Å²) in [5, 5.41) is 12.4. The van der Waals surface area contributed by atoms with Crippen molar-refractivity contribution in [3.05, 3.63) is 28.2 Å². The van der Waals surface area contributed by atoms with Gasteiger partial charge in [0.25, 0.3) is 0 Å². The molecule has 1 N–H and O–H groups in total. The van der Waals surface area contributed by atoms with E-state index < -0.39 is 0 Å². The molecular weight excluding hydrogens is 296 g/mol. The van der Waals surface area contributed by atoms with Crippen LogP contribution in [0.5, 0.6) is 0 Å². The molecule has 4 heteroatoms. The molecule has 1 aromatic carbocycles. The van der Waals surface area contributed by atoms with Gasteiger partial charge in [0.15, 0.2) is 0 Å². The normalized spacial score (nSPS) is 9.94. The minimum absolute atomic E-state index is 0.691. The van der Waals surface area contributed by atoms with Crippen molar-refractivity contribution in [1.82, 2.24) is 0 Å². The van der Waals surface area contributed by atoms with Crippen molar-refractivity contribution < 1.29 is 0 Å². The van der Waals surface area contributed by atoms with Gasteiger partial charge in [-0.2, -0.15) is 17.0 Å². The topological polar surface area (TPSA) is 35.8 Å². The minimum Gasteiger partial charge on any atom is -0.384 e. The number of unbranched alkanes of at least 4 members (excludes halogenated alkanes) is 2. The molecule has 0 atom stereocenters. The zero-order chi connectivity index (χ0) is 12.5. The van der Waals surface area contributed by atoms with E-state index in [1.807, 2.05) is 30.0 Å². The summed E-state index contributed by atoms with van der Waals surface area (Å²) < 4.78 is 0.854. The Hall–Kier alpha value is -0.660. The van der Waals surface area contributed by atoms with Gasteiger partial charge in [-0.15, -0.1) is 0 Å². The summed E-state index contributed by atoms with van der Waals surface area (Å²) in [7, 11) is 0. The second-order valence-electron chi connectivity index (χ2n) is 3.75. The summed E-state index contributed by atoms with van der Waals surface area (Å²) in [6, 6.07) is 8.00. The first-order valence-corrected chi connectivity index (χ1v) is 7.89. The van der Waals surface area contributed by atoms with Crippen molar-refractivity contribution in [2.75, 3.05) is 23.9 Å². The maximum Gasteiger partial charge on any atom is 0.103 e. The molecule has 0 saturated carbocycles. The number of halogens is 1. The Balaban J connectivity index is 2.37. The van der Waals surface area contributed by atoms with Crippen molar-refractivity contribution in [3.8, 4) is 6.07 Å². The van der Waals surface area contributed by atoms with Gasteiger partial charge in [0.05, 0.1) is 11.3 Å². The van der Waals surface area contributed by atoms with E-state index in [-0.39, 0.29) is 0 Å². The second kappa shape index (κ2) is 8.43. The molecule has 0 unspecified atom stereocenters. The number of nitrogens with one attached hydrogen (secondary N) is 1. The number of hydrogen-bond donors (Lipinski definition) is 1. The molecule has 0 fully saturated rings. The van der Waals surface area contributed by atoms with E-state index in [2.05, 4.69) is 33.6 Å². The SMILES string of the molecule is CSCCCCCNc1cccc(Br)c1C#N. The Kier molecular flexibility index (Phi) is 7.14. The third kappa shape index (κ3) is 5.01. The zero-order valence-corrected chi connectivity index (χ0v) is 12.4. The number of rotatable bonds is 7. The lowest BCUT2D eigenvalue weighted by Gasteiger charge is -2.08. The van der Waals surface area contributed by atoms with Crippen LogP contribution < -0.4 is 5.32 Å². The van der Waals surface area contributed by atoms with E-state index in [0.717, 1.165) is 23.1 Å². The van der Waals surface area contributed by atoms with E-state index in [0.29, 0.717) is 5.56 Å². The van der Waals surface area contributed by atoms with Crippen LogP contribution in [0.4, 0.5) is 5.69 Å². The van der Waals surface area contributed by atoms with E-state index in [1.165, 1.54) is 18.6 Å². The minimum atomic E-state index is 0.691. The van der Waals surface area contributed by atoms with Gasteiger partial charge in [0.1, 0.15) is 6.07 Å². The molecule has 0 aliphatic rings. The molecule has 0 bridgehead atoms. The number of nitrogens with zero attached hydrogens (tertiary/aromatic N) is 1. The van der Waals surface area contributed by atoms with Crippen molar-refractivity contribution in [2.24, 2.45) is 0 Å². The third-order valence-corrected chi connectivity index (χ3v) is 3.82. The van der Waals surface area contributed by atoms with Gasteiger partial charge in [-0.3, -0.25) is 0 Å². The van der Waals surface area contributed by atoms with Crippen LogP contribution >= 0.6 is 27.7 Å². The van der Waals surface area contributed by atoms with Crippen LogP contribution in [0, 0.1) is 11.3 Å². The van der Waals surface area contributed by atoms with Crippen LogP contribution in [0.25, 0.3) is 0 Å². The monoisotopic (exact) mass is 312 g/mol. The molecule has 1 rings (SSSR count). The molecule has 92 valence electrons. The molecule has 0 aliphatic carbocycles. The second-order valence-corrected chi connectivity index (χ2v) is 5.59. The molecule has 0 saturated heterocycles. The Labute approximate surface area is 116 Å². The Morgan fingerprint density at radius 3 is 2.88 bits per heavy atom. The van der Waals surface area contributed by atoms with Crippen LogP contribution in [0.1, 0.15) is 24.8 Å². The zero-order valence-electron chi connectivity index (χ0n) is 10.0. The largest absolute Gasteiger partial charge is 0.384 e. The van der Waals surface area contributed by atoms with E-state index in [4.69, 9.17) is 5.26 Å². The average molecular weight is 313 g/mol. The third-order valence-electron chi connectivity index (χ3n) is 2.47. The first kappa shape index (κ1) is 14.4. The maximum absolute atomic E-state index is 9.05. The van der Waals surface area contributed by atoms with Crippen molar-refractivity contribution in [2.45, 2.75) is 19.3 Å². The highest BCUT2D eigenvalue weighted by atomic mass is 79.9. The highest BCUT2D eigenvalue weighted by molar-refractivity contribution is 9.10. The standard InChI is InChI=1S/C13H17BrN2S/c1-17-9-4-2-3-8-16-13-7-5-6-12(14)11(13)10-15/h5-7,16H,2-4,8-9H2,1H3. The molecular formula is C13H17BrN2S. The predicted molar refractivity (Wildman–Crippen MR) is 79.6 cm³/mol. The van der Waals surface area contributed by atoms with Crippen LogP contribution in [-0.4, -0.2) is 18.6 Å². The molecule has 0 radical (unpaired) electrons. The number of hydrogen-bond acceptors (Lipinski definition) is 3. The summed E-state index contributed by atoms with van der Waals surface area (Å²) in [5.74, 6) is 1.24. The quantitative estimate of drug-likeness (QED) is 0.764. The lowest BCUT2D eigenvalue weighted by Crippen LogP contribution is -2.03. The Morgan fingerprint density at radius 2 is 2.18 bits per heavy atom. The molecule has 0 heterocycles. The molecule has 0 spiro atoms. The fourth-order valence-corrected chi connectivity index (χ4v) is 2.50. The van der Waals surface area contributed by atoms with Gasteiger partial charge in [0, 0.05) is 11.0 Å². The Bertz CT molecular complexity index is 387. The Morgan fingerprint density at radius 1 is 1.35 bits per heavy atom. The van der Waals surface area contributed by atoms with Crippen LogP contribution in [0.15, 0.2) is 22.7 Å². The van der Waals surface area contributed by atoms with Crippen molar-refractivity contribution in [1.29, 1.82) is 5.26 Å². The van der Waals surface area contributed by atoms with Crippen LogP contribution in [0.2, 0.25) is 0 Å². The van der Waals surface area contributed by atoms with Crippen LogP contribution in [0.3, 0.4) is 0 Å². The maximum atomic E-state index is 9.05. The van der Waals surface area contributed by atoms with Gasteiger partial charge in [0.2, 0.25) is 0 Å². The summed E-state index contributed by atoms with van der Waals surface area (Å²) >= 11 is 5.28. The predicted octanol–water partition coefficient (Wildman–Crippen LogP) is 4.27. The molecule has 0 aliphatic heterocycles. The number of thioether (sulfide) groups is 1. The van der Waals surface area contributed by atoms with E-state index in [9.17, 15) is 0 Å².